The molecule has 0 atom stereocenters. The standard InChI is InChI=1S/C13H12ClN3O2/c1-17(12-15-7-11(14)8-16-12)13(18)19-9-10-5-3-2-4-6-10/h2-8H,9H2,1H3. The smallest absolute Gasteiger partial charge is 0.416 e. The van der Waals surface area contributed by atoms with E-state index in [9.17, 15) is 4.79 Å². The zero-order chi connectivity index (χ0) is 13.7. The van der Waals surface area contributed by atoms with Crippen LogP contribution in [0.4, 0.5) is 10.7 Å². The van der Waals surface area contributed by atoms with Crippen molar-refractivity contribution in [3.05, 3.63) is 53.3 Å². The van der Waals surface area contributed by atoms with Crippen LogP contribution in [0, 0.1) is 0 Å². The molecule has 1 aromatic carbocycles. The van der Waals surface area contributed by atoms with Crippen molar-refractivity contribution in [3.63, 3.8) is 0 Å². The van der Waals surface area contributed by atoms with E-state index in [1.54, 1.807) is 0 Å². The van der Waals surface area contributed by atoms with Gasteiger partial charge in [-0.2, -0.15) is 0 Å². The van der Waals surface area contributed by atoms with Crippen LogP contribution in [0.25, 0.3) is 0 Å². The summed E-state index contributed by atoms with van der Waals surface area (Å²) in [7, 11) is 1.54. The van der Waals surface area contributed by atoms with Gasteiger partial charge in [-0.25, -0.2) is 19.7 Å². The third-order valence-electron chi connectivity index (χ3n) is 2.39. The topological polar surface area (TPSA) is 55.3 Å². The molecule has 0 saturated carbocycles. The minimum absolute atomic E-state index is 0.206. The summed E-state index contributed by atoms with van der Waals surface area (Å²) in [5.41, 5.74) is 0.918. The first-order valence-electron chi connectivity index (χ1n) is 5.59. The van der Waals surface area contributed by atoms with E-state index in [0.29, 0.717) is 5.02 Å². The quantitative estimate of drug-likeness (QED) is 0.866. The second-order valence-corrected chi connectivity index (χ2v) is 4.24. The number of nitrogens with zero attached hydrogens (tertiary/aromatic N) is 3. The molecule has 0 spiro atoms. The van der Waals surface area contributed by atoms with Crippen LogP contribution in [0.3, 0.4) is 0 Å². The Hall–Kier alpha value is -2.14. The third-order valence-corrected chi connectivity index (χ3v) is 2.58. The van der Waals surface area contributed by atoms with Crippen LogP contribution < -0.4 is 4.90 Å². The van der Waals surface area contributed by atoms with E-state index in [1.807, 2.05) is 30.3 Å². The van der Waals surface area contributed by atoms with Crippen molar-refractivity contribution in [2.75, 3.05) is 11.9 Å². The molecule has 0 fully saturated rings. The summed E-state index contributed by atoms with van der Waals surface area (Å²) in [6.45, 7) is 0.206. The number of hydrogen-bond acceptors (Lipinski definition) is 4. The zero-order valence-corrected chi connectivity index (χ0v) is 11.0. The molecule has 0 aliphatic carbocycles. The SMILES string of the molecule is CN(C(=O)OCc1ccccc1)c1ncc(Cl)cn1. The highest BCUT2D eigenvalue weighted by atomic mass is 35.5. The number of hydrogen-bond donors (Lipinski definition) is 0. The number of aromatic nitrogens is 2. The molecule has 2 rings (SSSR count). The Bertz CT molecular complexity index is 546. The average molecular weight is 278 g/mol. The Balaban J connectivity index is 1.94. The molecule has 2 aromatic rings. The van der Waals surface area contributed by atoms with Gasteiger partial charge in [0.1, 0.15) is 6.61 Å². The molecule has 0 bridgehead atoms. The molecular formula is C13H12ClN3O2. The predicted molar refractivity (Wildman–Crippen MR) is 72.1 cm³/mol. The highest BCUT2D eigenvalue weighted by Gasteiger charge is 2.14. The summed E-state index contributed by atoms with van der Waals surface area (Å²) in [6, 6.07) is 9.43. The van der Waals surface area contributed by atoms with Gasteiger partial charge in [-0.1, -0.05) is 41.9 Å². The maximum absolute atomic E-state index is 11.8. The summed E-state index contributed by atoms with van der Waals surface area (Å²) in [6.07, 6.45) is 2.32. The summed E-state index contributed by atoms with van der Waals surface area (Å²) in [5.74, 6) is 0.238. The molecule has 5 nitrogen and oxygen atoms in total. The second-order valence-electron chi connectivity index (χ2n) is 3.80. The van der Waals surface area contributed by atoms with Crippen LogP contribution in [0.5, 0.6) is 0 Å². The predicted octanol–water partition coefficient (Wildman–Crippen LogP) is 2.90. The van der Waals surface area contributed by atoms with Gasteiger partial charge in [-0.15, -0.1) is 0 Å². The number of carbonyl (C=O) groups is 1. The van der Waals surface area contributed by atoms with E-state index in [-0.39, 0.29) is 12.6 Å². The van der Waals surface area contributed by atoms with E-state index in [1.165, 1.54) is 24.3 Å². The number of amides is 1. The van der Waals surface area contributed by atoms with Crippen molar-refractivity contribution >= 4 is 23.6 Å². The monoisotopic (exact) mass is 277 g/mol. The lowest BCUT2D eigenvalue weighted by atomic mass is 10.2. The Morgan fingerprint density at radius 2 is 1.89 bits per heavy atom. The fourth-order valence-electron chi connectivity index (χ4n) is 1.38. The molecule has 0 radical (unpaired) electrons. The summed E-state index contributed by atoms with van der Waals surface area (Å²) >= 11 is 5.68. The van der Waals surface area contributed by atoms with Crippen molar-refractivity contribution in [3.8, 4) is 0 Å². The van der Waals surface area contributed by atoms with Crippen molar-refractivity contribution in [1.29, 1.82) is 0 Å². The fourth-order valence-corrected chi connectivity index (χ4v) is 1.47. The van der Waals surface area contributed by atoms with Gasteiger partial charge in [-0.05, 0) is 5.56 Å². The number of rotatable bonds is 3. The van der Waals surface area contributed by atoms with E-state index in [2.05, 4.69) is 9.97 Å². The van der Waals surface area contributed by atoms with Crippen LogP contribution in [0.15, 0.2) is 42.7 Å². The lowest BCUT2D eigenvalue weighted by Crippen LogP contribution is -2.28. The van der Waals surface area contributed by atoms with Gasteiger partial charge >= 0.3 is 6.09 Å². The van der Waals surface area contributed by atoms with Crippen LogP contribution in [0.1, 0.15) is 5.56 Å². The molecule has 0 aliphatic heterocycles. The van der Waals surface area contributed by atoms with Crippen molar-refractivity contribution in [2.45, 2.75) is 6.61 Å². The number of halogens is 1. The van der Waals surface area contributed by atoms with Gasteiger partial charge in [-0.3, -0.25) is 0 Å². The van der Waals surface area contributed by atoms with Gasteiger partial charge in [0.05, 0.1) is 17.4 Å². The van der Waals surface area contributed by atoms with Gasteiger partial charge in [0.25, 0.3) is 0 Å². The second kappa shape index (κ2) is 6.15. The molecule has 1 aromatic heterocycles. The lowest BCUT2D eigenvalue weighted by molar-refractivity contribution is 0.148. The van der Waals surface area contributed by atoms with Crippen molar-refractivity contribution in [1.82, 2.24) is 9.97 Å². The van der Waals surface area contributed by atoms with Gasteiger partial charge in [0.2, 0.25) is 5.95 Å². The first kappa shape index (κ1) is 13.3. The molecule has 1 heterocycles. The molecule has 0 saturated heterocycles. The minimum Gasteiger partial charge on any atom is -0.444 e. The largest absolute Gasteiger partial charge is 0.444 e. The zero-order valence-electron chi connectivity index (χ0n) is 10.3. The first-order valence-corrected chi connectivity index (χ1v) is 5.96. The molecular weight excluding hydrogens is 266 g/mol. The molecule has 1 amide bonds. The summed E-state index contributed by atoms with van der Waals surface area (Å²) in [5, 5.41) is 0.412. The van der Waals surface area contributed by atoms with Gasteiger partial charge in [0, 0.05) is 7.05 Å². The fraction of sp³-hybridized carbons (Fsp3) is 0.154. The van der Waals surface area contributed by atoms with E-state index in [0.717, 1.165) is 5.56 Å². The Kier molecular flexibility index (Phi) is 4.30. The van der Waals surface area contributed by atoms with E-state index >= 15 is 0 Å². The lowest BCUT2D eigenvalue weighted by Gasteiger charge is -2.14. The molecule has 98 valence electrons. The molecule has 6 heteroatoms. The highest BCUT2D eigenvalue weighted by molar-refractivity contribution is 6.30. The van der Waals surface area contributed by atoms with Crippen LogP contribution in [-0.4, -0.2) is 23.1 Å². The van der Waals surface area contributed by atoms with E-state index in [4.69, 9.17) is 16.3 Å². The maximum Gasteiger partial charge on any atom is 0.416 e. The average Bonchev–Trinajstić information content (AvgIpc) is 2.46. The van der Waals surface area contributed by atoms with Crippen molar-refractivity contribution < 1.29 is 9.53 Å². The Labute approximate surface area is 115 Å². The number of benzene rings is 1. The number of anilines is 1. The highest BCUT2D eigenvalue weighted by Crippen LogP contribution is 2.10. The van der Waals surface area contributed by atoms with Crippen LogP contribution in [0.2, 0.25) is 5.02 Å². The normalized spacial score (nSPS) is 10.0. The molecule has 0 aliphatic rings. The van der Waals surface area contributed by atoms with Gasteiger partial charge < -0.3 is 4.74 Å². The van der Waals surface area contributed by atoms with Crippen molar-refractivity contribution in [2.24, 2.45) is 0 Å². The first-order chi connectivity index (χ1) is 9.16. The summed E-state index contributed by atoms with van der Waals surface area (Å²) in [4.78, 5) is 20.9. The van der Waals surface area contributed by atoms with Crippen LogP contribution >= 0.6 is 11.6 Å². The van der Waals surface area contributed by atoms with Crippen LogP contribution in [-0.2, 0) is 11.3 Å². The van der Waals surface area contributed by atoms with Gasteiger partial charge in [0.15, 0.2) is 0 Å². The maximum atomic E-state index is 11.8. The molecule has 0 N–H and O–H groups in total. The third kappa shape index (κ3) is 3.66. The number of carbonyl (C=O) groups excluding carboxylic acids is 1. The molecule has 19 heavy (non-hydrogen) atoms. The summed E-state index contributed by atoms with van der Waals surface area (Å²) < 4.78 is 5.15. The van der Waals surface area contributed by atoms with E-state index < -0.39 is 6.09 Å². The number of ether oxygens (including phenoxy) is 1. The minimum atomic E-state index is -0.522. The molecule has 0 unspecified atom stereocenters. The Morgan fingerprint density at radius 3 is 2.53 bits per heavy atom. The Morgan fingerprint density at radius 1 is 1.26 bits per heavy atom.